The lowest BCUT2D eigenvalue weighted by Crippen LogP contribution is -2.45. The van der Waals surface area contributed by atoms with Crippen molar-refractivity contribution in [3.05, 3.63) is 35.6 Å². The van der Waals surface area contributed by atoms with Gasteiger partial charge in [-0.1, -0.05) is 32.0 Å². The smallest absolute Gasteiger partial charge is 0.234 e. The van der Waals surface area contributed by atoms with E-state index in [1.165, 1.54) is 6.07 Å². The van der Waals surface area contributed by atoms with Crippen LogP contribution in [0.1, 0.15) is 38.2 Å². The largest absolute Gasteiger partial charge is 0.368 e. The van der Waals surface area contributed by atoms with Gasteiger partial charge in [0.15, 0.2) is 0 Å². The van der Waals surface area contributed by atoms with Gasteiger partial charge in [-0.2, -0.15) is 0 Å². The van der Waals surface area contributed by atoms with Crippen LogP contribution >= 0.6 is 0 Å². The molecule has 0 radical (unpaired) electrons. The highest BCUT2D eigenvalue weighted by Crippen LogP contribution is 2.68. The Morgan fingerprint density at radius 2 is 2.21 bits per heavy atom. The van der Waals surface area contributed by atoms with Crippen LogP contribution in [0.25, 0.3) is 0 Å². The first-order valence-corrected chi connectivity index (χ1v) is 6.71. The summed E-state index contributed by atoms with van der Waals surface area (Å²) in [5.41, 5.74) is 5.97. The third-order valence-corrected chi connectivity index (χ3v) is 5.16. The maximum Gasteiger partial charge on any atom is 0.234 e. The number of benzene rings is 1. The zero-order chi connectivity index (χ0) is 13.8. The number of carbonyl (C=O) groups is 1. The number of hydrogen-bond donors (Lipinski definition) is 2. The van der Waals surface area contributed by atoms with Crippen LogP contribution < -0.4 is 11.1 Å². The molecule has 1 saturated heterocycles. The Morgan fingerprint density at radius 3 is 2.79 bits per heavy atom. The van der Waals surface area contributed by atoms with E-state index in [-0.39, 0.29) is 34.6 Å². The first kappa shape index (κ1) is 12.6. The molecule has 102 valence electrons. The Morgan fingerprint density at radius 1 is 1.53 bits per heavy atom. The van der Waals surface area contributed by atoms with Gasteiger partial charge in [0.2, 0.25) is 5.91 Å². The van der Waals surface area contributed by atoms with E-state index in [4.69, 9.17) is 5.73 Å². The summed E-state index contributed by atoms with van der Waals surface area (Å²) in [4.78, 5) is 11.4. The van der Waals surface area contributed by atoms with Crippen LogP contribution in [0.4, 0.5) is 4.39 Å². The van der Waals surface area contributed by atoms with Gasteiger partial charge < -0.3 is 5.73 Å². The Labute approximate surface area is 112 Å². The molecule has 0 aromatic heterocycles. The molecule has 3 N–H and O–H groups in total. The number of halogens is 1. The number of rotatable bonds is 3. The van der Waals surface area contributed by atoms with E-state index in [0.717, 1.165) is 12.8 Å². The average Bonchev–Trinajstić information content (AvgIpc) is 2.83. The molecule has 1 aromatic carbocycles. The normalized spacial score (nSPS) is 37.7. The van der Waals surface area contributed by atoms with Gasteiger partial charge in [0.05, 0.1) is 6.04 Å². The first-order valence-electron chi connectivity index (χ1n) is 6.71. The minimum Gasteiger partial charge on any atom is -0.368 e. The van der Waals surface area contributed by atoms with E-state index in [9.17, 15) is 9.18 Å². The number of amides is 1. The fourth-order valence-electron chi connectivity index (χ4n) is 3.93. The highest BCUT2D eigenvalue weighted by atomic mass is 19.1. The maximum absolute atomic E-state index is 13.9. The predicted molar refractivity (Wildman–Crippen MR) is 71.0 cm³/mol. The Hall–Kier alpha value is -1.42. The van der Waals surface area contributed by atoms with Crippen molar-refractivity contribution in [2.24, 2.45) is 11.1 Å². The number of nitrogens with two attached hydrogens (primary N) is 1. The van der Waals surface area contributed by atoms with Crippen LogP contribution in [-0.4, -0.2) is 17.5 Å². The summed E-state index contributed by atoms with van der Waals surface area (Å²) in [6.45, 7) is 4.18. The molecule has 1 aromatic rings. The molecule has 4 heteroatoms. The quantitative estimate of drug-likeness (QED) is 0.874. The van der Waals surface area contributed by atoms with E-state index in [1.807, 2.05) is 19.1 Å². The average molecular weight is 262 g/mol. The molecule has 1 aliphatic carbocycles. The molecule has 19 heavy (non-hydrogen) atoms. The molecule has 1 saturated carbocycles. The zero-order valence-corrected chi connectivity index (χ0v) is 11.2. The summed E-state index contributed by atoms with van der Waals surface area (Å²) in [7, 11) is 0. The number of fused-ring (bicyclic) bond motifs is 1. The molecule has 1 aliphatic heterocycles. The van der Waals surface area contributed by atoms with Crippen LogP contribution in [0.3, 0.4) is 0 Å². The van der Waals surface area contributed by atoms with E-state index in [1.54, 1.807) is 6.07 Å². The van der Waals surface area contributed by atoms with E-state index < -0.39 is 0 Å². The maximum atomic E-state index is 13.9. The number of hydrogen-bond acceptors (Lipinski definition) is 2. The summed E-state index contributed by atoms with van der Waals surface area (Å²) < 4.78 is 13.9. The van der Waals surface area contributed by atoms with Crippen LogP contribution in [-0.2, 0) is 4.79 Å². The molecule has 3 unspecified atom stereocenters. The molecule has 2 fully saturated rings. The molecule has 4 atom stereocenters. The molecule has 1 heterocycles. The van der Waals surface area contributed by atoms with E-state index in [2.05, 4.69) is 12.2 Å². The van der Waals surface area contributed by atoms with Gasteiger partial charge in [0.25, 0.3) is 0 Å². The molecule has 0 bridgehead atoms. The summed E-state index contributed by atoms with van der Waals surface area (Å²) >= 11 is 0. The van der Waals surface area contributed by atoms with Crippen LogP contribution in [0.15, 0.2) is 24.3 Å². The summed E-state index contributed by atoms with van der Waals surface area (Å²) in [6, 6.07) is 6.58. The Bertz CT molecular complexity index is 547. The molecule has 3 nitrogen and oxygen atoms in total. The second-order valence-electron chi connectivity index (χ2n) is 6.26. The van der Waals surface area contributed by atoms with Gasteiger partial charge in [-0.05, 0) is 29.9 Å². The van der Waals surface area contributed by atoms with Gasteiger partial charge in [-0.15, -0.1) is 0 Å². The van der Waals surface area contributed by atoms with Crippen molar-refractivity contribution in [1.82, 2.24) is 5.32 Å². The van der Waals surface area contributed by atoms with Crippen molar-refractivity contribution in [3.63, 3.8) is 0 Å². The summed E-state index contributed by atoms with van der Waals surface area (Å²) in [6.07, 6.45) is 1.72. The fraction of sp³-hybridized carbons (Fsp3) is 0.533. The van der Waals surface area contributed by atoms with Crippen molar-refractivity contribution < 1.29 is 9.18 Å². The van der Waals surface area contributed by atoms with Crippen LogP contribution in [0.2, 0.25) is 0 Å². The Balaban J connectivity index is 1.91. The summed E-state index contributed by atoms with van der Waals surface area (Å²) in [5.74, 6) is -0.459. The van der Waals surface area contributed by atoms with E-state index >= 15 is 0 Å². The SMILES string of the molecule is C[C@@H](c1ccccc1F)C12CC1(C)CC(C(N)=O)N2. The highest BCUT2D eigenvalue weighted by Gasteiger charge is 2.72. The monoisotopic (exact) mass is 262 g/mol. The highest BCUT2D eigenvalue weighted by molar-refractivity contribution is 5.81. The van der Waals surface area contributed by atoms with Gasteiger partial charge in [-0.3, -0.25) is 10.1 Å². The fourth-order valence-corrected chi connectivity index (χ4v) is 3.93. The minimum absolute atomic E-state index is 0.0306. The van der Waals surface area contributed by atoms with Gasteiger partial charge >= 0.3 is 0 Å². The first-order chi connectivity index (χ1) is 8.90. The van der Waals surface area contributed by atoms with E-state index in [0.29, 0.717) is 5.56 Å². The predicted octanol–water partition coefficient (Wildman–Crippen LogP) is 1.93. The lowest BCUT2D eigenvalue weighted by molar-refractivity contribution is -0.120. The van der Waals surface area contributed by atoms with Gasteiger partial charge in [0, 0.05) is 11.5 Å². The van der Waals surface area contributed by atoms with Crippen molar-refractivity contribution in [2.45, 2.75) is 44.2 Å². The lowest BCUT2D eigenvalue weighted by atomic mass is 9.86. The van der Waals surface area contributed by atoms with Crippen molar-refractivity contribution in [1.29, 1.82) is 0 Å². The van der Waals surface area contributed by atoms with Gasteiger partial charge in [0.1, 0.15) is 5.82 Å². The van der Waals surface area contributed by atoms with Crippen LogP contribution in [0, 0.1) is 11.2 Å². The molecule has 2 aliphatic rings. The number of piperidine rings is 1. The van der Waals surface area contributed by atoms with Crippen molar-refractivity contribution >= 4 is 5.91 Å². The third-order valence-electron chi connectivity index (χ3n) is 5.16. The molecule has 1 amide bonds. The zero-order valence-electron chi connectivity index (χ0n) is 11.2. The number of primary amides is 1. The third kappa shape index (κ3) is 1.62. The molecular formula is C15H19FN2O. The summed E-state index contributed by atoms with van der Waals surface area (Å²) in [5, 5.41) is 3.37. The van der Waals surface area contributed by atoms with Crippen molar-refractivity contribution in [3.8, 4) is 0 Å². The Kier molecular flexibility index (Phi) is 2.52. The lowest BCUT2D eigenvalue weighted by Gasteiger charge is -2.26. The minimum atomic E-state index is -0.312. The standard InChI is InChI=1S/C15H19FN2O/c1-9(10-5-3-4-6-11(10)16)15-8-14(15,2)7-12(18-15)13(17)19/h3-6,9,12,18H,7-8H2,1-2H3,(H2,17,19)/t9-,12?,14?,15?/m0/s1. The van der Waals surface area contributed by atoms with Gasteiger partial charge in [-0.25, -0.2) is 4.39 Å². The second-order valence-corrected chi connectivity index (χ2v) is 6.26. The number of carbonyl (C=O) groups excluding carboxylic acids is 1. The molecular weight excluding hydrogens is 243 g/mol. The van der Waals surface area contributed by atoms with Crippen LogP contribution in [0.5, 0.6) is 0 Å². The molecule has 0 spiro atoms. The van der Waals surface area contributed by atoms with Crippen molar-refractivity contribution in [2.75, 3.05) is 0 Å². The topological polar surface area (TPSA) is 55.1 Å². The number of nitrogens with one attached hydrogen (secondary N) is 1. The second kappa shape index (κ2) is 3.79. The molecule has 3 rings (SSSR count).